The Balaban J connectivity index is 1.38. The molecule has 0 unspecified atom stereocenters. The molecule has 2 heterocycles. The van der Waals surface area contributed by atoms with Crippen LogP contribution in [0.25, 0.3) is 17.0 Å². The molecule has 0 N–H and O–H groups in total. The van der Waals surface area contributed by atoms with Crippen LogP contribution in [0.4, 0.5) is 0 Å². The number of Topliss-reactive ketones (excluding diaryl/α,β-unsaturated/α-hetero) is 1. The summed E-state index contributed by atoms with van der Waals surface area (Å²) in [7, 11) is 1.64. The van der Waals surface area contributed by atoms with E-state index in [4.69, 9.17) is 14.2 Å². The lowest BCUT2D eigenvalue weighted by Gasteiger charge is -2.08. The number of hydrogen-bond acceptors (Lipinski definition) is 4. The number of allylic oxidation sites excluding steroid dienone is 1. The summed E-state index contributed by atoms with van der Waals surface area (Å²) in [5.41, 5.74) is 3.64. The predicted molar refractivity (Wildman–Crippen MR) is 124 cm³/mol. The first-order valence-electron chi connectivity index (χ1n) is 10.6. The quantitative estimate of drug-likeness (QED) is 0.363. The van der Waals surface area contributed by atoms with Gasteiger partial charge in [-0.05, 0) is 48.9 Å². The number of aryl methyl sites for hydroxylation is 1. The number of hydrogen-bond donors (Lipinski definition) is 0. The standard InChI is InChI=1S/C27H23NO4/c1-3-28-16-19(22-9-4-5-10-24(22)28)14-26-27(29)23-12-11-21(15-25(23)32-26)31-17-18-7-6-8-20(13-18)30-2/h4-16H,3,17H2,1-2H3/b26-14-. The van der Waals surface area contributed by atoms with E-state index >= 15 is 0 Å². The summed E-state index contributed by atoms with van der Waals surface area (Å²) in [5, 5.41) is 1.09. The fourth-order valence-electron chi connectivity index (χ4n) is 3.98. The molecule has 0 radical (unpaired) electrons. The van der Waals surface area contributed by atoms with Gasteiger partial charge in [-0.3, -0.25) is 4.79 Å². The van der Waals surface area contributed by atoms with E-state index in [2.05, 4.69) is 29.8 Å². The van der Waals surface area contributed by atoms with Gasteiger partial charge in [0.1, 0.15) is 23.9 Å². The van der Waals surface area contributed by atoms with Crippen LogP contribution in [-0.4, -0.2) is 17.5 Å². The molecular weight excluding hydrogens is 402 g/mol. The second-order valence-corrected chi connectivity index (χ2v) is 7.63. The molecule has 32 heavy (non-hydrogen) atoms. The molecule has 0 fully saturated rings. The Hall–Kier alpha value is -3.99. The van der Waals surface area contributed by atoms with Gasteiger partial charge >= 0.3 is 0 Å². The molecule has 0 amide bonds. The van der Waals surface area contributed by atoms with Gasteiger partial charge in [-0.2, -0.15) is 0 Å². The van der Waals surface area contributed by atoms with Crippen molar-refractivity contribution in [3.8, 4) is 17.2 Å². The highest BCUT2D eigenvalue weighted by atomic mass is 16.5. The van der Waals surface area contributed by atoms with Gasteiger partial charge in [-0.15, -0.1) is 0 Å². The van der Waals surface area contributed by atoms with Crippen LogP contribution in [0.1, 0.15) is 28.4 Å². The first kappa shape index (κ1) is 19.9. The van der Waals surface area contributed by atoms with E-state index in [1.807, 2.05) is 42.5 Å². The van der Waals surface area contributed by atoms with Gasteiger partial charge in [-0.1, -0.05) is 30.3 Å². The average molecular weight is 425 g/mol. The second-order valence-electron chi connectivity index (χ2n) is 7.63. The molecule has 5 heteroatoms. The Bertz CT molecular complexity index is 1350. The third kappa shape index (κ3) is 3.62. The van der Waals surface area contributed by atoms with Crippen LogP contribution in [0, 0.1) is 0 Å². The van der Waals surface area contributed by atoms with E-state index < -0.39 is 0 Å². The number of methoxy groups -OCH3 is 1. The zero-order valence-electron chi connectivity index (χ0n) is 18.0. The summed E-state index contributed by atoms with van der Waals surface area (Å²) in [6.07, 6.45) is 3.88. The highest BCUT2D eigenvalue weighted by molar-refractivity contribution is 6.15. The molecule has 0 atom stereocenters. The van der Waals surface area contributed by atoms with Crippen LogP contribution in [0.2, 0.25) is 0 Å². The summed E-state index contributed by atoms with van der Waals surface area (Å²) in [4.78, 5) is 12.9. The summed E-state index contributed by atoms with van der Waals surface area (Å²) in [6, 6.07) is 21.2. The minimum atomic E-state index is -0.118. The number of carbonyl (C=O) groups excluding carboxylic acids is 1. The summed E-state index contributed by atoms with van der Waals surface area (Å²) in [6.45, 7) is 3.35. The molecule has 1 aliphatic heterocycles. The number of para-hydroxylation sites is 1. The molecule has 1 aromatic heterocycles. The van der Waals surface area contributed by atoms with Gasteiger partial charge < -0.3 is 18.8 Å². The van der Waals surface area contributed by atoms with Crippen molar-refractivity contribution in [1.29, 1.82) is 0 Å². The van der Waals surface area contributed by atoms with E-state index in [1.54, 1.807) is 25.3 Å². The first-order valence-corrected chi connectivity index (χ1v) is 10.6. The van der Waals surface area contributed by atoms with Crippen LogP contribution in [0.3, 0.4) is 0 Å². The van der Waals surface area contributed by atoms with E-state index in [0.29, 0.717) is 29.4 Å². The predicted octanol–water partition coefficient (Wildman–Crippen LogP) is 5.87. The largest absolute Gasteiger partial charge is 0.497 e. The number of benzene rings is 3. The van der Waals surface area contributed by atoms with E-state index in [0.717, 1.165) is 34.3 Å². The Morgan fingerprint density at radius 1 is 1.00 bits per heavy atom. The number of fused-ring (bicyclic) bond motifs is 2. The van der Waals surface area contributed by atoms with Gasteiger partial charge in [-0.25, -0.2) is 0 Å². The van der Waals surface area contributed by atoms with Crippen molar-refractivity contribution in [2.24, 2.45) is 0 Å². The van der Waals surface area contributed by atoms with Crippen molar-refractivity contribution in [3.05, 3.63) is 95.4 Å². The smallest absolute Gasteiger partial charge is 0.231 e. The number of carbonyl (C=O) groups is 1. The van der Waals surface area contributed by atoms with Crippen molar-refractivity contribution in [3.63, 3.8) is 0 Å². The Labute approximate surface area is 186 Å². The third-order valence-electron chi connectivity index (χ3n) is 5.63. The summed E-state index contributed by atoms with van der Waals surface area (Å²) in [5.74, 6) is 2.15. The van der Waals surface area contributed by atoms with Crippen LogP contribution >= 0.6 is 0 Å². The maximum Gasteiger partial charge on any atom is 0.231 e. The fourth-order valence-corrected chi connectivity index (χ4v) is 3.98. The Morgan fingerprint density at radius 3 is 2.72 bits per heavy atom. The van der Waals surface area contributed by atoms with Gasteiger partial charge in [0.2, 0.25) is 5.78 Å². The molecule has 5 rings (SSSR count). The van der Waals surface area contributed by atoms with E-state index in [9.17, 15) is 4.79 Å². The second kappa shape index (κ2) is 8.27. The third-order valence-corrected chi connectivity index (χ3v) is 5.63. The monoisotopic (exact) mass is 425 g/mol. The number of ether oxygens (including phenoxy) is 3. The molecular formula is C27H23NO4. The Morgan fingerprint density at radius 2 is 1.88 bits per heavy atom. The number of rotatable bonds is 6. The van der Waals surface area contributed by atoms with Crippen LogP contribution in [0.15, 0.2) is 78.7 Å². The zero-order valence-corrected chi connectivity index (χ0v) is 18.0. The number of nitrogens with zero attached hydrogens (tertiary/aromatic N) is 1. The van der Waals surface area contributed by atoms with E-state index in [-0.39, 0.29) is 5.78 Å². The van der Waals surface area contributed by atoms with Gasteiger partial charge in [0.25, 0.3) is 0 Å². The molecule has 1 aliphatic rings. The molecule has 5 nitrogen and oxygen atoms in total. The minimum absolute atomic E-state index is 0.118. The number of aromatic nitrogens is 1. The first-order chi connectivity index (χ1) is 15.7. The molecule has 3 aromatic carbocycles. The summed E-state index contributed by atoms with van der Waals surface area (Å²) >= 11 is 0. The normalized spacial score (nSPS) is 13.9. The molecule has 160 valence electrons. The Kier molecular flexibility index (Phi) is 5.15. The van der Waals surface area contributed by atoms with Crippen molar-refractivity contribution in [1.82, 2.24) is 4.57 Å². The maximum absolute atomic E-state index is 12.9. The lowest BCUT2D eigenvalue weighted by Crippen LogP contribution is -1.98. The SMILES string of the molecule is CCn1cc(/C=C2\Oc3cc(OCc4cccc(OC)c4)ccc3C2=O)c2ccccc21. The molecule has 0 saturated carbocycles. The van der Waals surface area contributed by atoms with Gasteiger partial charge in [0.05, 0.1) is 12.7 Å². The number of ketones is 1. The van der Waals surface area contributed by atoms with Gasteiger partial charge in [0.15, 0.2) is 5.76 Å². The average Bonchev–Trinajstić information content (AvgIpc) is 3.35. The highest BCUT2D eigenvalue weighted by Crippen LogP contribution is 2.36. The topological polar surface area (TPSA) is 49.7 Å². The van der Waals surface area contributed by atoms with Crippen LogP contribution < -0.4 is 14.2 Å². The lowest BCUT2D eigenvalue weighted by atomic mass is 10.1. The van der Waals surface area contributed by atoms with Crippen LogP contribution in [0.5, 0.6) is 17.2 Å². The minimum Gasteiger partial charge on any atom is -0.497 e. The summed E-state index contributed by atoms with van der Waals surface area (Å²) < 4.78 is 19.3. The zero-order chi connectivity index (χ0) is 22.1. The van der Waals surface area contributed by atoms with Crippen molar-refractivity contribution in [2.75, 3.05) is 7.11 Å². The van der Waals surface area contributed by atoms with Crippen molar-refractivity contribution >= 4 is 22.8 Å². The molecule has 0 bridgehead atoms. The molecule has 0 saturated heterocycles. The van der Waals surface area contributed by atoms with Crippen molar-refractivity contribution in [2.45, 2.75) is 20.1 Å². The lowest BCUT2D eigenvalue weighted by molar-refractivity contribution is 0.101. The van der Waals surface area contributed by atoms with Crippen molar-refractivity contribution < 1.29 is 19.0 Å². The highest BCUT2D eigenvalue weighted by Gasteiger charge is 2.28. The maximum atomic E-state index is 12.9. The molecule has 0 spiro atoms. The van der Waals surface area contributed by atoms with Crippen LogP contribution in [-0.2, 0) is 13.2 Å². The molecule has 0 aliphatic carbocycles. The van der Waals surface area contributed by atoms with E-state index in [1.165, 1.54) is 0 Å². The fraction of sp³-hybridized carbons (Fsp3) is 0.148. The van der Waals surface area contributed by atoms with Gasteiger partial charge in [0, 0.05) is 35.3 Å². The molecule has 4 aromatic rings.